The lowest BCUT2D eigenvalue weighted by atomic mass is 10.1. The summed E-state index contributed by atoms with van der Waals surface area (Å²) in [6, 6.07) is 10.3. The Bertz CT molecular complexity index is 1130. The van der Waals surface area contributed by atoms with Crippen LogP contribution in [0.5, 0.6) is 0 Å². The first kappa shape index (κ1) is 30.3. The number of hydroxylamine groups is 2. The van der Waals surface area contributed by atoms with E-state index < -0.39 is 35.7 Å². The molecule has 0 bridgehead atoms. The first-order valence-electron chi connectivity index (χ1n) is 10.4. The molecule has 0 fully saturated rings. The zero-order valence-corrected chi connectivity index (χ0v) is 18.9. The van der Waals surface area contributed by atoms with Crippen LogP contribution in [0.25, 0.3) is 0 Å². The second-order valence-corrected chi connectivity index (χ2v) is 7.13. The average Bonchev–Trinajstić information content (AvgIpc) is 2.92. The van der Waals surface area contributed by atoms with Crippen LogP contribution in [-0.4, -0.2) is 59.2 Å². The van der Waals surface area contributed by atoms with Crippen LogP contribution in [-0.2, 0) is 9.59 Å². The molecule has 0 saturated carbocycles. The topological polar surface area (TPSA) is 209 Å². The van der Waals surface area contributed by atoms with Crippen LogP contribution in [0.15, 0.2) is 48.5 Å². The lowest BCUT2D eigenvalue weighted by Crippen LogP contribution is -2.50. The zero-order chi connectivity index (χ0) is 26.5. The van der Waals surface area contributed by atoms with E-state index in [9.17, 15) is 19.2 Å². The van der Waals surface area contributed by atoms with Gasteiger partial charge in [-0.2, -0.15) is 0 Å². The van der Waals surface area contributed by atoms with E-state index in [4.69, 9.17) is 21.9 Å². The van der Waals surface area contributed by atoms with Crippen molar-refractivity contribution in [1.82, 2.24) is 21.6 Å². The van der Waals surface area contributed by atoms with Gasteiger partial charge in [0, 0.05) is 35.3 Å². The third-order valence-corrected chi connectivity index (χ3v) is 4.71. The number of amides is 4. The largest absolute Gasteiger partial charge is 0.339 e. The lowest BCUT2D eigenvalue weighted by molar-refractivity contribution is -0.131. The predicted molar refractivity (Wildman–Crippen MR) is 134 cm³/mol. The first-order valence-corrected chi connectivity index (χ1v) is 10.4. The van der Waals surface area contributed by atoms with Crippen LogP contribution < -0.4 is 33.1 Å². The van der Waals surface area contributed by atoms with Crippen LogP contribution in [0.1, 0.15) is 39.3 Å². The summed E-state index contributed by atoms with van der Waals surface area (Å²) in [5, 5.41) is 22.1. The van der Waals surface area contributed by atoms with Gasteiger partial charge >= 0.3 is 0 Å². The lowest BCUT2D eigenvalue weighted by Gasteiger charge is -2.14. The van der Waals surface area contributed by atoms with Gasteiger partial charge in [0.1, 0.15) is 12.1 Å². The molecule has 0 saturated heterocycles. The van der Waals surface area contributed by atoms with Crippen molar-refractivity contribution >= 4 is 23.6 Å². The van der Waals surface area contributed by atoms with Crippen molar-refractivity contribution in [3.8, 4) is 23.7 Å². The molecule has 4 amide bonds. The van der Waals surface area contributed by atoms with Crippen molar-refractivity contribution in [3.05, 3.63) is 70.8 Å². The zero-order valence-electron chi connectivity index (χ0n) is 18.9. The molecule has 2 aromatic rings. The van der Waals surface area contributed by atoms with Crippen molar-refractivity contribution in [2.75, 3.05) is 13.1 Å². The number of carbonyl (C=O) groups excluding carboxylic acids is 4. The molecular weight excluding hydrogens is 480 g/mol. The van der Waals surface area contributed by atoms with Crippen LogP contribution in [0.2, 0.25) is 0 Å². The van der Waals surface area contributed by atoms with Gasteiger partial charge in [-0.25, -0.2) is 11.0 Å². The Morgan fingerprint density at radius 1 is 0.676 bits per heavy atom. The van der Waals surface area contributed by atoms with Gasteiger partial charge < -0.3 is 22.1 Å². The molecule has 12 heteroatoms. The van der Waals surface area contributed by atoms with Gasteiger partial charge in [0.15, 0.2) is 0 Å². The van der Waals surface area contributed by atoms with Crippen LogP contribution in [0.4, 0.5) is 0 Å². The molecule has 2 aromatic carbocycles. The van der Waals surface area contributed by atoms with E-state index in [0.29, 0.717) is 11.1 Å². The fourth-order valence-corrected chi connectivity index (χ4v) is 2.72. The number of rotatable bonds is 8. The molecule has 0 aliphatic carbocycles. The van der Waals surface area contributed by atoms with Gasteiger partial charge in [-0.15, -0.1) is 0 Å². The van der Waals surface area contributed by atoms with Crippen molar-refractivity contribution in [3.63, 3.8) is 0 Å². The second kappa shape index (κ2) is 15.3. The third-order valence-electron chi connectivity index (χ3n) is 4.71. The molecular formula is C25H28N6O6. The molecule has 2 atom stereocenters. The van der Waals surface area contributed by atoms with Crippen molar-refractivity contribution in [2.45, 2.75) is 19.5 Å². The Labute approximate surface area is 213 Å². The van der Waals surface area contributed by atoms with E-state index >= 15 is 0 Å². The van der Waals surface area contributed by atoms with E-state index in [1.807, 2.05) is 0 Å². The fraction of sp³-hybridized carbons (Fsp3) is 0.200. The van der Waals surface area contributed by atoms with E-state index in [2.05, 4.69) is 34.3 Å². The maximum atomic E-state index is 12.2. The van der Waals surface area contributed by atoms with Crippen molar-refractivity contribution < 1.29 is 29.6 Å². The van der Waals surface area contributed by atoms with Crippen LogP contribution in [0, 0.1) is 23.7 Å². The second-order valence-electron chi connectivity index (χ2n) is 7.13. The molecule has 0 aliphatic rings. The minimum absolute atomic E-state index is 0. The molecule has 0 aromatic heterocycles. The molecule has 12 nitrogen and oxygen atoms in total. The van der Waals surface area contributed by atoms with E-state index in [1.165, 1.54) is 35.2 Å². The van der Waals surface area contributed by atoms with Crippen LogP contribution >= 0.6 is 0 Å². The summed E-state index contributed by atoms with van der Waals surface area (Å²) in [5.41, 5.74) is 15.4. The number of hydrogen-bond acceptors (Lipinski definition) is 8. The van der Waals surface area contributed by atoms with E-state index in [1.54, 1.807) is 24.3 Å². The standard InChI is InChI=1S/C24H24N6O6.CH4/c25-13-19(23(33)29-35)27-21(31)17-9-5-15(6-10-17)3-1-2-4-16-7-11-18(12-8-16)22(32)28-20(14-26)24(34)30-36;/h5-12,19-20,35-36H,13-14,25-26H2,(H,27,31)(H,28,32)(H,29,33)(H,30,34);1H4/t19-,20-;/m0./s1. The summed E-state index contributed by atoms with van der Waals surface area (Å²) in [7, 11) is 0. The summed E-state index contributed by atoms with van der Waals surface area (Å²) < 4.78 is 0. The molecule has 0 unspecified atom stereocenters. The maximum absolute atomic E-state index is 12.2. The summed E-state index contributed by atoms with van der Waals surface area (Å²) in [4.78, 5) is 47.2. The predicted octanol–water partition coefficient (Wildman–Crippen LogP) is -1.15. The minimum atomic E-state index is -1.07. The smallest absolute Gasteiger partial charge is 0.267 e. The first-order chi connectivity index (χ1) is 17.3. The normalized spacial score (nSPS) is 11.0. The molecule has 0 spiro atoms. The van der Waals surface area contributed by atoms with Gasteiger partial charge in [-0.3, -0.25) is 29.6 Å². The Morgan fingerprint density at radius 3 is 1.27 bits per heavy atom. The minimum Gasteiger partial charge on any atom is -0.339 e. The van der Waals surface area contributed by atoms with Gasteiger partial charge in [0.2, 0.25) is 0 Å². The van der Waals surface area contributed by atoms with E-state index in [-0.39, 0.29) is 31.6 Å². The molecule has 37 heavy (non-hydrogen) atoms. The SMILES string of the molecule is C.NC[C@H](NC(=O)c1ccc(C#CC#Cc2ccc(C(=O)N[C@@H](CN)C(=O)NO)cc2)cc1)C(=O)NO. The molecule has 0 aliphatic heterocycles. The Morgan fingerprint density at radius 2 is 1.00 bits per heavy atom. The van der Waals surface area contributed by atoms with Crippen molar-refractivity contribution in [2.24, 2.45) is 11.5 Å². The molecule has 194 valence electrons. The quantitative estimate of drug-likeness (QED) is 0.124. The number of nitrogens with one attached hydrogen (secondary N) is 4. The van der Waals surface area contributed by atoms with E-state index in [0.717, 1.165) is 0 Å². The molecule has 0 heterocycles. The van der Waals surface area contributed by atoms with Gasteiger partial charge in [0.05, 0.1) is 0 Å². The fourth-order valence-electron chi connectivity index (χ4n) is 2.72. The number of hydrogen-bond donors (Lipinski definition) is 8. The van der Waals surface area contributed by atoms with Gasteiger partial charge in [-0.05, 0) is 60.4 Å². The average molecular weight is 509 g/mol. The third kappa shape index (κ3) is 9.10. The number of carbonyl (C=O) groups is 4. The highest BCUT2D eigenvalue weighted by atomic mass is 16.5. The molecule has 2 rings (SSSR count). The number of benzene rings is 2. The van der Waals surface area contributed by atoms with Crippen LogP contribution in [0.3, 0.4) is 0 Å². The summed E-state index contributed by atoms with van der Waals surface area (Å²) in [6.07, 6.45) is 0. The van der Waals surface area contributed by atoms with Crippen molar-refractivity contribution in [1.29, 1.82) is 0 Å². The Kier molecular flexibility index (Phi) is 12.5. The highest BCUT2D eigenvalue weighted by molar-refractivity contribution is 5.98. The van der Waals surface area contributed by atoms with Gasteiger partial charge in [0.25, 0.3) is 23.6 Å². The van der Waals surface area contributed by atoms with Gasteiger partial charge in [-0.1, -0.05) is 19.3 Å². The maximum Gasteiger partial charge on any atom is 0.267 e. The molecule has 10 N–H and O–H groups in total. The monoisotopic (exact) mass is 508 g/mol. The Hall–Kier alpha value is -4.72. The Balaban J connectivity index is 0.00000684. The highest BCUT2D eigenvalue weighted by Crippen LogP contribution is 2.05. The molecule has 0 radical (unpaired) electrons. The number of nitrogens with two attached hydrogens (primary N) is 2. The summed E-state index contributed by atoms with van der Waals surface area (Å²) in [5.74, 6) is 8.29. The highest BCUT2D eigenvalue weighted by Gasteiger charge is 2.20. The summed E-state index contributed by atoms with van der Waals surface area (Å²) in [6.45, 7) is -0.372. The summed E-state index contributed by atoms with van der Waals surface area (Å²) >= 11 is 0.